The number of nitrogens with zero attached hydrogens (tertiary/aromatic N) is 6. The largest absolute Gasteiger partial charge is 0.356 e. The van der Waals surface area contributed by atoms with E-state index in [-0.39, 0.29) is 17.5 Å². The molecule has 0 radical (unpaired) electrons. The number of nitro groups is 1. The Hall–Kier alpha value is -3.82. The maximum atomic E-state index is 12.7. The Labute approximate surface area is 172 Å². The Morgan fingerprint density at radius 2 is 1.97 bits per heavy atom. The van der Waals surface area contributed by atoms with Crippen LogP contribution in [0.15, 0.2) is 49.3 Å². The highest BCUT2D eigenvalue weighted by Gasteiger charge is 2.26. The Bertz CT molecular complexity index is 1060. The molecule has 1 N–H and O–H groups in total. The van der Waals surface area contributed by atoms with Gasteiger partial charge in [-0.2, -0.15) is 0 Å². The first-order chi connectivity index (χ1) is 14.5. The third-order valence-electron chi connectivity index (χ3n) is 5.28. The highest BCUT2D eigenvalue weighted by Crippen LogP contribution is 2.26. The van der Waals surface area contributed by atoms with Crippen LogP contribution in [-0.2, 0) is 4.79 Å². The molecule has 0 bridgehead atoms. The molecule has 30 heavy (non-hydrogen) atoms. The summed E-state index contributed by atoms with van der Waals surface area (Å²) in [4.78, 5) is 37.9. The first-order valence-electron chi connectivity index (χ1n) is 9.62. The molecule has 4 rings (SSSR count). The second-order valence-electron chi connectivity index (χ2n) is 7.21. The molecule has 10 nitrogen and oxygen atoms in total. The van der Waals surface area contributed by atoms with E-state index in [1.54, 1.807) is 25.5 Å². The number of nitro benzene ring substituents is 1. The number of anilines is 2. The summed E-state index contributed by atoms with van der Waals surface area (Å²) < 4.78 is 1.82. The van der Waals surface area contributed by atoms with Crippen molar-refractivity contribution in [2.45, 2.75) is 19.8 Å². The van der Waals surface area contributed by atoms with E-state index >= 15 is 0 Å². The topological polar surface area (TPSA) is 119 Å². The maximum Gasteiger partial charge on any atom is 0.269 e. The quantitative estimate of drug-likeness (QED) is 0.510. The fourth-order valence-corrected chi connectivity index (χ4v) is 3.55. The summed E-state index contributed by atoms with van der Waals surface area (Å²) >= 11 is 0. The van der Waals surface area contributed by atoms with Gasteiger partial charge < -0.3 is 10.2 Å². The van der Waals surface area contributed by atoms with E-state index in [0.29, 0.717) is 37.2 Å². The molecule has 1 aliphatic heterocycles. The number of hydrogen-bond acceptors (Lipinski definition) is 7. The van der Waals surface area contributed by atoms with E-state index in [0.717, 1.165) is 11.6 Å². The van der Waals surface area contributed by atoms with Crippen molar-refractivity contribution in [2.24, 2.45) is 5.92 Å². The Balaban J connectivity index is 1.37. The summed E-state index contributed by atoms with van der Waals surface area (Å²) in [6.45, 7) is 3.16. The number of imidazole rings is 1. The number of carbonyl (C=O) groups is 1. The van der Waals surface area contributed by atoms with Crippen LogP contribution in [0.3, 0.4) is 0 Å². The summed E-state index contributed by atoms with van der Waals surface area (Å²) in [6.07, 6.45) is 8.12. The summed E-state index contributed by atoms with van der Waals surface area (Å²) in [7, 11) is 0. The van der Waals surface area contributed by atoms with Gasteiger partial charge >= 0.3 is 0 Å². The molecule has 0 unspecified atom stereocenters. The molecule has 0 atom stereocenters. The number of aryl methyl sites for hydroxylation is 1. The molecular weight excluding hydrogens is 386 g/mol. The standard InChI is InChI=1S/C20H21N7O3/c1-14-10-16(27(29)30)2-3-17(14)24-20(28)15-4-7-25(8-5-15)18-11-19(23-12-22-18)26-9-6-21-13-26/h2-3,6,9-13,15H,4-5,7-8H2,1H3,(H,24,28). The number of piperidine rings is 1. The fraction of sp³-hybridized carbons (Fsp3) is 0.300. The zero-order chi connectivity index (χ0) is 21.1. The van der Waals surface area contributed by atoms with Crippen molar-refractivity contribution in [3.8, 4) is 5.82 Å². The lowest BCUT2D eigenvalue weighted by atomic mass is 9.95. The molecule has 0 saturated carbocycles. The molecule has 0 spiro atoms. The third kappa shape index (κ3) is 4.12. The lowest BCUT2D eigenvalue weighted by Gasteiger charge is -2.32. The number of non-ortho nitro benzene ring substituents is 1. The van der Waals surface area contributed by atoms with E-state index in [1.165, 1.54) is 18.5 Å². The molecule has 2 aromatic heterocycles. The van der Waals surface area contributed by atoms with Crippen LogP contribution in [0.4, 0.5) is 17.2 Å². The van der Waals surface area contributed by atoms with Crippen molar-refractivity contribution < 1.29 is 9.72 Å². The average molecular weight is 407 g/mol. The van der Waals surface area contributed by atoms with E-state index in [9.17, 15) is 14.9 Å². The van der Waals surface area contributed by atoms with Crippen LogP contribution in [0.2, 0.25) is 0 Å². The van der Waals surface area contributed by atoms with Crippen LogP contribution < -0.4 is 10.2 Å². The molecule has 1 aromatic carbocycles. The molecule has 1 amide bonds. The van der Waals surface area contributed by atoms with Crippen molar-refractivity contribution in [3.05, 3.63) is 65.0 Å². The highest BCUT2D eigenvalue weighted by atomic mass is 16.6. The van der Waals surface area contributed by atoms with E-state index in [1.807, 2.05) is 16.8 Å². The SMILES string of the molecule is Cc1cc([N+](=O)[O-])ccc1NC(=O)C1CCN(c2cc(-n3ccnc3)ncn2)CC1. The molecule has 1 saturated heterocycles. The van der Waals surface area contributed by atoms with E-state index in [4.69, 9.17) is 0 Å². The van der Waals surface area contributed by atoms with Gasteiger partial charge in [0.2, 0.25) is 5.91 Å². The van der Waals surface area contributed by atoms with Crippen LogP contribution >= 0.6 is 0 Å². The fourth-order valence-electron chi connectivity index (χ4n) is 3.55. The monoisotopic (exact) mass is 407 g/mol. The van der Waals surface area contributed by atoms with E-state index in [2.05, 4.69) is 25.2 Å². The van der Waals surface area contributed by atoms with Crippen molar-refractivity contribution >= 4 is 23.1 Å². The lowest BCUT2D eigenvalue weighted by Crippen LogP contribution is -2.38. The minimum atomic E-state index is -0.445. The lowest BCUT2D eigenvalue weighted by molar-refractivity contribution is -0.384. The van der Waals surface area contributed by atoms with Crippen LogP contribution in [0, 0.1) is 23.0 Å². The van der Waals surface area contributed by atoms with Gasteiger partial charge in [-0.15, -0.1) is 0 Å². The van der Waals surface area contributed by atoms with Crippen molar-refractivity contribution in [3.63, 3.8) is 0 Å². The second-order valence-corrected chi connectivity index (χ2v) is 7.21. The number of aromatic nitrogens is 4. The number of benzene rings is 1. The van der Waals surface area contributed by atoms with E-state index < -0.39 is 4.92 Å². The first-order valence-corrected chi connectivity index (χ1v) is 9.62. The first kappa shape index (κ1) is 19.5. The predicted octanol–water partition coefficient (Wildman–Crippen LogP) is 2.73. The predicted molar refractivity (Wildman–Crippen MR) is 111 cm³/mol. The Morgan fingerprint density at radius 3 is 2.63 bits per heavy atom. The molecule has 154 valence electrons. The van der Waals surface area contributed by atoms with Crippen LogP contribution in [0.25, 0.3) is 5.82 Å². The van der Waals surface area contributed by atoms with Gasteiger partial charge in [0.1, 0.15) is 24.3 Å². The normalized spacial score (nSPS) is 14.5. The van der Waals surface area contributed by atoms with Gasteiger partial charge in [-0.25, -0.2) is 15.0 Å². The van der Waals surface area contributed by atoms with Crippen molar-refractivity contribution in [1.82, 2.24) is 19.5 Å². The van der Waals surface area contributed by atoms with Crippen LogP contribution in [-0.4, -0.2) is 43.4 Å². The number of hydrogen-bond donors (Lipinski definition) is 1. The van der Waals surface area contributed by atoms with Gasteiger partial charge in [0.05, 0.1) is 4.92 Å². The van der Waals surface area contributed by atoms with Gasteiger partial charge in [0.25, 0.3) is 5.69 Å². The van der Waals surface area contributed by atoms with Crippen LogP contribution in [0.5, 0.6) is 0 Å². The molecule has 10 heteroatoms. The number of rotatable bonds is 5. The van der Waals surface area contributed by atoms with Gasteiger partial charge in [0, 0.05) is 55.3 Å². The summed E-state index contributed by atoms with van der Waals surface area (Å²) in [5.41, 5.74) is 1.29. The molecule has 3 heterocycles. The third-order valence-corrected chi connectivity index (χ3v) is 5.28. The maximum absolute atomic E-state index is 12.7. The molecule has 3 aromatic rings. The molecular formula is C20H21N7O3. The molecule has 1 aliphatic rings. The van der Waals surface area contributed by atoms with Crippen LogP contribution in [0.1, 0.15) is 18.4 Å². The molecule has 1 fully saturated rings. The van der Waals surface area contributed by atoms with Crippen molar-refractivity contribution in [1.29, 1.82) is 0 Å². The molecule has 0 aliphatic carbocycles. The number of amides is 1. The second kappa shape index (κ2) is 8.27. The summed E-state index contributed by atoms with van der Waals surface area (Å²) in [6, 6.07) is 6.35. The van der Waals surface area contributed by atoms with Gasteiger partial charge in [-0.1, -0.05) is 0 Å². The zero-order valence-corrected chi connectivity index (χ0v) is 16.4. The summed E-state index contributed by atoms with van der Waals surface area (Å²) in [5.74, 6) is 1.38. The summed E-state index contributed by atoms with van der Waals surface area (Å²) in [5, 5.41) is 13.8. The Morgan fingerprint density at radius 1 is 1.20 bits per heavy atom. The number of carbonyl (C=O) groups excluding carboxylic acids is 1. The highest BCUT2D eigenvalue weighted by molar-refractivity contribution is 5.93. The van der Waals surface area contributed by atoms with Crippen molar-refractivity contribution in [2.75, 3.05) is 23.3 Å². The van der Waals surface area contributed by atoms with Gasteiger partial charge in [-0.05, 0) is 31.4 Å². The van der Waals surface area contributed by atoms with Gasteiger partial charge in [-0.3, -0.25) is 19.5 Å². The number of nitrogens with one attached hydrogen (secondary N) is 1. The Kier molecular flexibility index (Phi) is 5.38. The minimum Gasteiger partial charge on any atom is -0.356 e. The van der Waals surface area contributed by atoms with Gasteiger partial charge in [0.15, 0.2) is 0 Å². The average Bonchev–Trinajstić information content (AvgIpc) is 3.30. The minimum absolute atomic E-state index is 0.0127. The zero-order valence-electron chi connectivity index (χ0n) is 16.4. The smallest absolute Gasteiger partial charge is 0.269 e.